The quantitative estimate of drug-likeness (QED) is 0.288. The Balaban J connectivity index is 0. The summed E-state index contributed by atoms with van der Waals surface area (Å²) in [6, 6.07) is 0. The minimum absolute atomic E-state index is 0. The largest absolute Gasteiger partial charge is 0.394 e. The van der Waals surface area contributed by atoms with Gasteiger partial charge in [0, 0.05) is 14.0 Å². The van der Waals surface area contributed by atoms with Crippen LogP contribution in [0.2, 0.25) is 0 Å². The van der Waals surface area contributed by atoms with Gasteiger partial charge in [-0.3, -0.25) is 4.79 Å². The number of carbonyl (C=O) groups is 1. The normalized spacial score (nSPS) is 14.7. The minimum Gasteiger partial charge on any atom is -0.394 e. The van der Waals surface area contributed by atoms with Crippen LogP contribution in [-0.2, 0) is 19.0 Å². The van der Waals surface area contributed by atoms with Crippen molar-refractivity contribution in [3.63, 3.8) is 0 Å². The summed E-state index contributed by atoms with van der Waals surface area (Å²) >= 11 is 0. The number of rotatable bonds is 13. The maximum Gasteiger partial charge on any atom is 0.221 e. The highest BCUT2D eigenvalue weighted by atomic mass is 16.5. The van der Waals surface area contributed by atoms with E-state index in [2.05, 4.69) is 0 Å². The Labute approximate surface area is 137 Å². The van der Waals surface area contributed by atoms with Gasteiger partial charge in [0.2, 0.25) is 5.91 Å². The Hall–Kier alpha value is -0.810. The Kier molecular flexibility index (Phi) is 15.7. The van der Waals surface area contributed by atoms with Crippen molar-refractivity contribution in [2.75, 3.05) is 53.4 Å². The van der Waals surface area contributed by atoms with Gasteiger partial charge in [-0.05, 0) is 0 Å². The second kappa shape index (κ2) is 14.8. The van der Waals surface area contributed by atoms with Crippen molar-refractivity contribution in [1.29, 1.82) is 0 Å². The van der Waals surface area contributed by atoms with E-state index in [-0.39, 0.29) is 46.4 Å². The molecule has 0 rings (SSSR count). The van der Waals surface area contributed by atoms with Crippen LogP contribution < -0.4 is 0 Å². The summed E-state index contributed by atoms with van der Waals surface area (Å²) < 4.78 is 15.5. The van der Waals surface area contributed by atoms with Gasteiger partial charge in [-0.25, -0.2) is 0 Å². The Bertz CT molecular complexity index is 292. The van der Waals surface area contributed by atoms with E-state index in [4.69, 9.17) is 24.4 Å². The lowest BCUT2D eigenvalue weighted by Crippen LogP contribution is -2.42. The van der Waals surface area contributed by atoms with Crippen molar-refractivity contribution in [3.8, 4) is 0 Å². The zero-order chi connectivity index (χ0) is 17.0. The number of aliphatic hydroxyl groups excluding tert-OH is 4. The lowest BCUT2D eigenvalue weighted by atomic mass is 10.3. The smallest absolute Gasteiger partial charge is 0.221 e. The molecule has 0 aromatic heterocycles. The van der Waals surface area contributed by atoms with Crippen molar-refractivity contribution in [3.05, 3.63) is 0 Å². The molecule has 0 aromatic carbocycles. The van der Waals surface area contributed by atoms with E-state index < -0.39 is 31.5 Å². The molecule has 0 spiro atoms. The van der Waals surface area contributed by atoms with Gasteiger partial charge in [0.25, 0.3) is 0 Å². The summed E-state index contributed by atoms with van der Waals surface area (Å²) in [7, 11) is 1.48. The fourth-order valence-corrected chi connectivity index (χ4v) is 1.51. The van der Waals surface area contributed by atoms with Crippen LogP contribution in [0.5, 0.6) is 0 Å². The third kappa shape index (κ3) is 12.3. The molecule has 0 saturated carbocycles. The van der Waals surface area contributed by atoms with Crippen LogP contribution in [-0.4, -0.2) is 103 Å². The molecule has 0 saturated heterocycles. The van der Waals surface area contributed by atoms with E-state index in [0.717, 1.165) is 0 Å². The highest BCUT2D eigenvalue weighted by Gasteiger charge is 2.19. The summed E-state index contributed by atoms with van der Waals surface area (Å²) in [4.78, 5) is 12.9. The van der Waals surface area contributed by atoms with Crippen molar-refractivity contribution < 1.29 is 39.4 Å². The second-order valence-electron chi connectivity index (χ2n) is 4.82. The summed E-state index contributed by atoms with van der Waals surface area (Å²) in [5.74, 6) is -0.258. The van der Waals surface area contributed by atoms with Crippen LogP contribution in [0.25, 0.3) is 0 Å². The van der Waals surface area contributed by atoms with Crippen LogP contribution in [0.15, 0.2) is 0 Å². The van der Waals surface area contributed by atoms with Gasteiger partial charge in [-0.2, -0.15) is 0 Å². The fraction of sp³-hybridized carbons (Fsp3) is 0.929. The van der Waals surface area contributed by atoms with Gasteiger partial charge in [0.05, 0.1) is 45.7 Å². The Morgan fingerprint density at radius 3 is 2.13 bits per heavy atom. The standard InChI is InChI=1S/C13H27NO8.CH4/c1-10(17)14(9-21-6-11(18)4-15)3-13(8-20-2)22-7-12(19)5-16;/h11-13,15-16,18-19H,3-9H2,1-2H3;1H4. The van der Waals surface area contributed by atoms with Crippen LogP contribution in [0.3, 0.4) is 0 Å². The van der Waals surface area contributed by atoms with E-state index in [1.54, 1.807) is 0 Å². The first kappa shape index (κ1) is 24.4. The molecule has 3 atom stereocenters. The maximum atomic E-state index is 11.6. The lowest BCUT2D eigenvalue weighted by molar-refractivity contribution is -0.141. The van der Waals surface area contributed by atoms with Gasteiger partial charge in [-0.15, -0.1) is 0 Å². The Morgan fingerprint density at radius 1 is 1.09 bits per heavy atom. The molecule has 0 fully saturated rings. The number of aliphatic hydroxyl groups is 4. The highest BCUT2D eigenvalue weighted by molar-refractivity contribution is 5.73. The first-order valence-electron chi connectivity index (χ1n) is 6.96. The molecular weight excluding hydrogens is 310 g/mol. The van der Waals surface area contributed by atoms with Crippen LogP contribution in [0.4, 0.5) is 0 Å². The predicted molar refractivity (Wildman–Crippen MR) is 82.7 cm³/mol. The number of hydrogen-bond acceptors (Lipinski definition) is 8. The monoisotopic (exact) mass is 341 g/mol. The maximum absolute atomic E-state index is 11.6. The van der Waals surface area contributed by atoms with Gasteiger partial charge < -0.3 is 39.5 Å². The van der Waals surface area contributed by atoms with Gasteiger partial charge in [-0.1, -0.05) is 7.43 Å². The molecule has 0 bridgehead atoms. The van der Waals surface area contributed by atoms with E-state index in [1.165, 1.54) is 18.9 Å². The summed E-state index contributed by atoms with van der Waals surface area (Å²) in [6.07, 6.45) is -2.50. The van der Waals surface area contributed by atoms with Gasteiger partial charge in [0.15, 0.2) is 0 Å². The van der Waals surface area contributed by atoms with Crippen LogP contribution in [0, 0.1) is 0 Å². The van der Waals surface area contributed by atoms with Crippen molar-refractivity contribution in [2.24, 2.45) is 0 Å². The topological polar surface area (TPSA) is 129 Å². The highest BCUT2D eigenvalue weighted by Crippen LogP contribution is 2.02. The molecule has 23 heavy (non-hydrogen) atoms. The number of hydrogen-bond donors (Lipinski definition) is 4. The first-order valence-corrected chi connectivity index (χ1v) is 6.96. The summed E-state index contributed by atoms with van der Waals surface area (Å²) in [5, 5.41) is 35.9. The number of methoxy groups -OCH3 is 1. The van der Waals surface area contributed by atoms with Crippen molar-refractivity contribution >= 4 is 5.91 Å². The molecule has 0 aliphatic heterocycles. The molecule has 0 aromatic rings. The zero-order valence-electron chi connectivity index (χ0n) is 13.1. The molecule has 3 unspecified atom stereocenters. The Morgan fingerprint density at radius 2 is 1.65 bits per heavy atom. The second-order valence-corrected chi connectivity index (χ2v) is 4.82. The number of nitrogens with zero attached hydrogens (tertiary/aromatic N) is 1. The molecule has 9 nitrogen and oxygen atoms in total. The molecule has 0 heterocycles. The minimum atomic E-state index is -1.00. The molecule has 1 amide bonds. The molecule has 140 valence electrons. The van der Waals surface area contributed by atoms with E-state index in [0.29, 0.717) is 0 Å². The van der Waals surface area contributed by atoms with Crippen molar-refractivity contribution in [1.82, 2.24) is 4.90 Å². The zero-order valence-corrected chi connectivity index (χ0v) is 13.1. The summed E-state index contributed by atoms with van der Waals surface area (Å²) in [6.45, 7) is 0.626. The molecule has 0 aliphatic rings. The molecule has 4 N–H and O–H groups in total. The lowest BCUT2D eigenvalue weighted by Gasteiger charge is -2.27. The third-order valence-electron chi connectivity index (χ3n) is 2.73. The average Bonchev–Trinajstić information content (AvgIpc) is 2.50. The van der Waals surface area contributed by atoms with Crippen LogP contribution >= 0.6 is 0 Å². The first-order chi connectivity index (χ1) is 10.4. The molecule has 0 aliphatic carbocycles. The molecular formula is C14H31NO8. The SMILES string of the molecule is C.COCC(CN(COCC(O)CO)C(C)=O)OCC(O)CO. The molecule has 0 radical (unpaired) electrons. The predicted octanol–water partition coefficient (Wildman–Crippen LogP) is -1.82. The van der Waals surface area contributed by atoms with Crippen molar-refractivity contribution in [2.45, 2.75) is 32.7 Å². The van der Waals surface area contributed by atoms with Gasteiger partial charge in [0.1, 0.15) is 18.9 Å². The average molecular weight is 341 g/mol. The summed E-state index contributed by atoms with van der Waals surface area (Å²) in [5.41, 5.74) is 0. The third-order valence-corrected chi connectivity index (χ3v) is 2.73. The van der Waals surface area contributed by atoms with Gasteiger partial charge >= 0.3 is 0 Å². The molecule has 9 heteroatoms. The number of carbonyl (C=O) groups excluding carboxylic acids is 1. The van der Waals surface area contributed by atoms with Crippen LogP contribution in [0.1, 0.15) is 14.4 Å². The number of amides is 1. The fourth-order valence-electron chi connectivity index (χ4n) is 1.51. The van der Waals surface area contributed by atoms with E-state index in [9.17, 15) is 15.0 Å². The van der Waals surface area contributed by atoms with E-state index in [1.807, 2.05) is 0 Å². The van der Waals surface area contributed by atoms with E-state index >= 15 is 0 Å². The number of ether oxygens (including phenoxy) is 3.